The molecule has 0 unspecified atom stereocenters. The molecular formula is C22H23N3O3. The molecule has 0 bridgehead atoms. The van der Waals surface area contributed by atoms with E-state index in [-0.39, 0.29) is 18.1 Å². The quantitative estimate of drug-likeness (QED) is 0.687. The second kappa shape index (κ2) is 7.03. The predicted octanol–water partition coefficient (Wildman–Crippen LogP) is 4.29. The average molecular weight is 377 g/mol. The Bertz CT molecular complexity index is 1060. The molecular weight excluding hydrogens is 354 g/mol. The fraction of sp³-hybridized carbons (Fsp3) is 0.273. The molecule has 1 atom stereocenters. The normalized spacial score (nSPS) is 16.1. The largest absolute Gasteiger partial charge is 0.497 e. The Morgan fingerprint density at radius 3 is 2.54 bits per heavy atom. The summed E-state index contributed by atoms with van der Waals surface area (Å²) in [6.45, 7) is 5.59. The first-order valence-electron chi connectivity index (χ1n) is 9.29. The Labute approximate surface area is 163 Å². The lowest BCUT2D eigenvalue weighted by atomic mass is 9.95. The molecule has 3 aromatic rings. The number of fused-ring (bicyclic) bond motifs is 3. The summed E-state index contributed by atoms with van der Waals surface area (Å²) < 4.78 is 12.9. The van der Waals surface area contributed by atoms with Crippen molar-refractivity contribution in [1.82, 2.24) is 9.55 Å². The molecule has 28 heavy (non-hydrogen) atoms. The second-order valence-electron chi connectivity index (χ2n) is 7.09. The molecule has 1 aliphatic heterocycles. The molecule has 2 heterocycles. The van der Waals surface area contributed by atoms with Crippen LogP contribution < -0.4 is 10.1 Å². The van der Waals surface area contributed by atoms with Gasteiger partial charge in [-0.05, 0) is 50.6 Å². The number of para-hydroxylation sites is 2. The molecule has 6 heteroatoms. The lowest BCUT2D eigenvalue weighted by Gasteiger charge is -2.30. The summed E-state index contributed by atoms with van der Waals surface area (Å²) in [6, 6.07) is 15.3. The van der Waals surface area contributed by atoms with E-state index in [9.17, 15) is 4.79 Å². The van der Waals surface area contributed by atoms with Gasteiger partial charge in [0.2, 0.25) is 5.95 Å². The average Bonchev–Trinajstić information content (AvgIpc) is 3.04. The van der Waals surface area contributed by atoms with Crippen molar-refractivity contribution in [2.75, 3.05) is 12.4 Å². The predicted molar refractivity (Wildman–Crippen MR) is 108 cm³/mol. The number of esters is 1. The van der Waals surface area contributed by atoms with E-state index in [1.165, 1.54) is 0 Å². The first kappa shape index (κ1) is 18.1. The third-order valence-electron chi connectivity index (χ3n) is 4.82. The van der Waals surface area contributed by atoms with Gasteiger partial charge >= 0.3 is 5.97 Å². The van der Waals surface area contributed by atoms with E-state index >= 15 is 0 Å². The van der Waals surface area contributed by atoms with Gasteiger partial charge in [0.1, 0.15) is 5.75 Å². The van der Waals surface area contributed by atoms with E-state index in [0.717, 1.165) is 28.0 Å². The summed E-state index contributed by atoms with van der Waals surface area (Å²) in [5.74, 6) is 1.14. The van der Waals surface area contributed by atoms with Crippen LogP contribution >= 0.6 is 0 Å². The van der Waals surface area contributed by atoms with Crippen LogP contribution in [0.4, 0.5) is 5.95 Å². The highest BCUT2D eigenvalue weighted by Gasteiger charge is 2.35. The van der Waals surface area contributed by atoms with Crippen LogP contribution in [0.25, 0.3) is 11.0 Å². The Morgan fingerprint density at radius 2 is 1.86 bits per heavy atom. The molecule has 0 spiro atoms. The molecule has 4 rings (SSSR count). The van der Waals surface area contributed by atoms with Gasteiger partial charge in [0.15, 0.2) is 0 Å². The van der Waals surface area contributed by atoms with Gasteiger partial charge in [-0.2, -0.15) is 0 Å². The lowest BCUT2D eigenvalue weighted by Crippen LogP contribution is -2.29. The van der Waals surface area contributed by atoms with E-state index in [2.05, 4.69) is 9.88 Å². The van der Waals surface area contributed by atoms with Crippen LogP contribution in [0.15, 0.2) is 59.8 Å². The summed E-state index contributed by atoms with van der Waals surface area (Å²) in [4.78, 5) is 17.7. The standard InChI is InChI=1S/C22H23N3O3/c1-13(2)28-21(26)19-14(3)23-22-24-17-7-5-6-8-18(17)25(22)20(19)15-9-11-16(27-4)12-10-15/h5-13,20H,1-4H3,(H,23,24)/t20-/m0/s1. The zero-order chi connectivity index (χ0) is 19.8. The lowest BCUT2D eigenvalue weighted by molar-refractivity contribution is -0.143. The molecule has 1 N–H and O–H groups in total. The van der Waals surface area contributed by atoms with E-state index in [0.29, 0.717) is 11.5 Å². The van der Waals surface area contributed by atoms with E-state index in [4.69, 9.17) is 14.5 Å². The fourth-order valence-electron chi connectivity index (χ4n) is 3.61. The van der Waals surface area contributed by atoms with E-state index in [1.54, 1.807) is 7.11 Å². The van der Waals surface area contributed by atoms with Crippen LogP contribution in [0.2, 0.25) is 0 Å². The highest BCUT2D eigenvalue weighted by molar-refractivity contribution is 5.94. The number of hydrogen-bond donors (Lipinski definition) is 1. The molecule has 6 nitrogen and oxygen atoms in total. The number of anilines is 1. The highest BCUT2D eigenvalue weighted by atomic mass is 16.5. The van der Waals surface area contributed by atoms with Crippen molar-refractivity contribution in [1.29, 1.82) is 0 Å². The van der Waals surface area contributed by atoms with Crippen molar-refractivity contribution in [3.8, 4) is 5.75 Å². The molecule has 0 radical (unpaired) electrons. The van der Waals surface area contributed by atoms with Crippen molar-refractivity contribution >= 4 is 23.0 Å². The topological polar surface area (TPSA) is 65.4 Å². The number of hydrogen-bond acceptors (Lipinski definition) is 5. The van der Waals surface area contributed by atoms with Crippen molar-refractivity contribution in [2.45, 2.75) is 32.9 Å². The number of carbonyl (C=O) groups is 1. The van der Waals surface area contributed by atoms with Gasteiger partial charge in [0, 0.05) is 5.70 Å². The molecule has 0 aliphatic carbocycles. The number of nitrogens with zero attached hydrogens (tertiary/aromatic N) is 2. The maximum absolute atomic E-state index is 13.0. The maximum atomic E-state index is 13.0. The van der Waals surface area contributed by atoms with Crippen LogP contribution in [0, 0.1) is 0 Å². The third kappa shape index (κ3) is 3.01. The van der Waals surface area contributed by atoms with Crippen LogP contribution in [-0.2, 0) is 9.53 Å². The Hall–Kier alpha value is -3.28. The Balaban J connectivity index is 1.93. The second-order valence-corrected chi connectivity index (χ2v) is 7.09. The molecule has 1 aliphatic rings. The van der Waals surface area contributed by atoms with E-state index in [1.807, 2.05) is 69.3 Å². The monoisotopic (exact) mass is 377 g/mol. The number of allylic oxidation sites excluding steroid dienone is 1. The van der Waals surface area contributed by atoms with Crippen molar-refractivity contribution in [3.63, 3.8) is 0 Å². The Morgan fingerprint density at radius 1 is 1.14 bits per heavy atom. The van der Waals surface area contributed by atoms with Crippen LogP contribution in [0.3, 0.4) is 0 Å². The first-order chi connectivity index (χ1) is 13.5. The molecule has 2 aromatic carbocycles. The smallest absolute Gasteiger partial charge is 0.338 e. The number of rotatable bonds is 4. The zero-order valence-electron chi connectivity index (χ0n) is 16.4. The number of nitrogens with one attached hydrogen (secondary N) is 1. The molecule has 144 valence electrons. The van der Waals surface area contributed by atoms with Crippen molar-refractivity contribution < 1.29 is 14.3 Å². The highest BCUT2D eigenvalue weighted by Crippen LogP contribution is 2.39. The minimum Gasteiger partial charge on any atom is -0.497 e. The number of imidazole rings is 1. The summed E-state index contributed by atoms with van der Waals surface area (Å²) >= 11 is 0. The molecule has 0 saturated carbocycles. The summed E-state index contributed by atoms with van der Waals surface area (Å²) in [6.07, 6.45) is -0.203. The first-order valence-corrected chi connectivity index (χ1v) is 9.29. The zero-order valence-corrected chi connectivity index (χ0v) is 16.4. The number of carbonyl (C=O) groups excluding carboxylic acids is 1. The van der Waals surface area contributed by atoms with Gasteiger partial charge in [-0.25, -0.2) is 9.78 Å². The summed E-state index contributed by atoms with van der Waals surface area (Å²) in [7, 11) is 1.64. The van der Waals surface area contributed by atoms with Gasteiger partial charge in [0.05, 0.1) is 35.9 Å². The number of aromatic nitrogens is 2. The van der Waals surface area contributed by atoms with Crippen LogP contribution in [0.5, 0.6) is 5.75 Å². The van der Waals surface area contributed by atoms with Gasteiger partial charge in [0.25, 0.3) is 0 Å². The third-order valence-corrected chi connectivity index (χ3v) is 4.82. The molecule has 0 amide bonds. The van der Waals surface area contributed by atoms with Crippen LogP contribution in [-0.4, -0.2) is 28.7 Å². The number of benzene rings is 2. The minimum atomic E-state index is -0.346. The van der Waals surface area contributed by atoms with Gasteiger partial charge in [-0.15, -0.1) is 0 Å². The van der Waals surface area contributed by atoms with Crippen molar-refractivity contribution in [2.24, 2.45) is 0 Å². The molecule has 1 aromatic heterocycles. The van der Waals surface area contributed by atoms with E-state index < -0.39 is 0 Å². The van der Waals surface area contributed by atoms with Gasteiger partial charge in [-0.3, -0.25) is 4.57 Å². The number of ether oxygens (including phenoxy) is 2. The maximum Gasteiger partial charge on any atom is 0.338 e. The van der Waals surface area contributed by atoms with Crippen molar-refractivity contribution in [3.05, 3.63) is 65.4 Å². The molecule has 0 fully saturated rings. The number of methoxy groups -OCH3 is 1. The summed E-state index contributed by atoms with van der Waals surface area (Å²) in [5, 5.41) is 3.28. The Kier molecular flexibility index (Phi) is 4.55. The minimum absolute atomic E-state index is 0.203. The van der Waals surface area contributed by atoms with Gasteiger partial charge < -0.3 is 14.8 Å². The molecule has 0 saturated heterocycles. The van der Waals surface area contributed by atoms with Gasteiger partial charge in [-0.1, -0.05) is 24.3 Å². The SMILES string of the molecule is COc1ccc([C@H]2C(C(=O)OC(C)C)=C(C)Nc3nc4ccccc4n32)cc1. The van der Waals surface area contributed by atoms with Crippen LogP contribution in [0.1, 0.15) is 32.4 Å². The fourth-order valence-corrected chi connectivity index (χ4v) is 3.61. The summed E-state index contributed by atoms with van der Waals surface area (Å²) in [5.41, 5.74) is 4.11.